The lowest BCUT2D eigenvalue weighted by atomic mass is 9.43. The van der Waals surface area contributed by atoms with Gasteiger partial charge in [0, 0.05) is 13.5 Å². The van der Waals surface area contributed by atoms with Gasteiger partial charge < -0.3 is 14.9 Å². The Balaban J connectivity index is 1.53. The normalized spacial score (nSPS) is 55.2. The van der Waals surface area contributed by atoms with Crippen LogP contribution in [0.3, 0.4) is 0 Å². The van der Waals surface area contributed by atoms with Gasteiger partial charge in [-0.05, 0) is 91.6 Å². The summed E-state index contributed by atoms with van der Waals surface area (Å²) in [4.78, 5) is 12.1. The molecule has 0 aromatic heterocycles. The van der Waals surface area contributed by atoms with Gasteiger partial charge in [-0.1, -0.05) is 6.92 Å². The molecule has 0 aliphatic heterocycles. The van der Waals surface area contributed by atoms with Gasteiger partial charge in [-0.15, -0.1) is 0 Å². The zero-order valence-electron chi connectivity index (χ0n) is 16.1. The third-order valence-electron chi connectivity index (χ3n) is 9.56. The van der Waals surface area contributed by atoms with Crippen LogP contribution in [0.4, 0.5) is 0 Å². The lowest BCUT2D eigenvalue weighted by molar-refractivity contribution is -0.125. The highest BCUT2D eigenvalue weighted by Crippen LogP contribution is 2.72. The van der Waals surface area contributed by atoms with Gasteiger partial charge in [0.1, 0.15) is 0 Å². The third kappa shape index (κ3) is 1.94. The Morgan fingerprint density at radius 2 is 2.04 bits per heavy atom. The maximum absolute atomic E-state index is 12.1. The third-order valence-corrected chi connectivity index (χ3v) is 9.56. The molecule has 5 aliphatic rings. The molecule has 0 amide bonds. The quantitative estimate of drug-likeness (QED) is 0.794. The van der Waals surface area contributed by atoms with Gasteiger partial charge in [0.2, 0.25) is 0 Å². The topological polar surface area (TPSA) is 66.8 Å². The van der Waals surface area contributed by atoms with Crippen molar-refractivity contribution in [3.8, 4) is 0 Å². The summed E-state index contributed by atoms with van der Waals surface area (Å²) < 4.78 is 5.93. The molecule has 0 radical (unpaired) electrons. The molecule has 144 valence electrons. The van der Waals surface area contributed by atoms with E-state index in [2.05, 4.69) is 6.92 Å². The maximum atomic E-state index is 12.1. The summed E-state index contributed by atoms with van der Waals surface area (Å²) in [6, 6.07) is 0. The minimum absolute atomic E-state index is 0.107. The second kappa shape index (κ2) is 5.21. The van der Waals surface area contributed by atoms with Crippen LogP contribution in [-0.2, 0) is 9.53 Å². The largest absolute Gasteiger partial charge is 0.393 e. The number of ether oxygens (including phenoxy) is 1. The average Bonchev–Trinajstić information content (AvgIpc) is 3.05. The Kier molecular flexibility index (Phi) is 3.48. The number of hydrogen-bond acceptors (Lipinski definition) is 4. The van der Waals surface area contributed by atoms with Crippen LogP contribution < -0.4 is 0 Å². The van der Waals surface area contributed by atoms with Crippen molar-refractivity contribution < 1.29 is 19.7 Å². The number of allylic oxidation sites excluding steroid dienone is 1. The zero-order chi connectivity index (χ0) is 18.4. The van der Waals surface area contributed by atoms with Crippen molar-refractivity contribution >= 4 is 5.78 Å². The number of methoxy groups -OCH3 is 1. The lowest BCUT2D eigenvalue weighted by Gasteiger charge is -2.62. The summed E-state index contributed by atoms with van der Waals surface area (Å²) in [6.45, 7) is 2.56. The zero-order valence-corrected chi connectivity index (χ0v) is 16.1. The number of ketones is 1. The van der Waals surface area contributed by atoms with Crippen LogP contribution in [0.5, 0.6) is 0 Å². The molecule has 0 unspecified atom stereocenters. The first-order chi connectivity index (χ1) is 12.3. The van der Waals surface area contributed by atoms with Crippen molar-refractivity contribution in [3.63, 3.8) is 0 Å². The van der Waals surface area contributed by atoms with Crippen molar-refractivity contribution in [1.82, 2.24) is 0 Å². The van der Waals surface area contributed by atoms with Gasteiger partial charge in [0.05, 0.1) is 17.8 Å². The second-order valence-corrected chi connectivity index (χ2v) is 10.4. The van der Waals surface area contributed by atoms with Gasteiger partial charge in [0.25, 0.3) is 0 Å². The maximum Gasteiger partial charge on any atom is 0.158 e. The minimum Gasteiger partial charge on any atom is -0.393 e. The minimum atomic E-state index is -0.861. The van der Waals surface area contributed by atoms with E-state index >= 15 is 0 Å². The van der Waals surface area contributed by atoms with Crippen molar-refractivity contribution in [2.45, 2.75) is 75.9 Å². The Morgan fingerprint density at radius 1 is 1.23 bits per heavy atom. The molecule has 4 heteroatoms. The van der Waals surface area contributed by atoms with Gasteiger partial charge in [-0.2, -0.15) is 0 Å². The van der Waals surface area contributed by atoms with Gasteiger partial charge >= 0.3 is 0 Å². The SMILES string of the molecule is CO[C@]1(CO)C[C@@]23CC[C@@H]4C5=CC(=O)C[C@]5(O)CC[C@@]4(C)[C@@H]2CC[C@@H]1C3. The Labute approximate surface area is 156 Å². The van der Waals surface area contributed by atoms with Gasteiger partial charge in [-0.3, -0.25) is 4.79 Å². The van der Waals surface area contributed by atoms with Crippen LogP contribution >= 0.6 is 0 Å². The molecule has 5 aliphatic carbocycles. The Morgan fingerprint density at radius 3 is 2.77 bits per heavy atom. The summed E-state index contributed by atoms with van der Waals surface area (Å²) in [5, 5.41) is 21.2. The number of aliphatic hydroxyl groups excluding tert-OH is 1. The highest BCUT2D eigenvalue weighted by molar-refractivity contribution is 5.95. The summed E-state index contributed by atoms with van der Waals surface area (Å²) in [7, 11) is 1.77. The van der Waals surface area contributed by atoms with E-state index in [9.17, 15) is 15.0 Å². The van der Waals surface area contributed by atoms with Gasteiger partial charge in [-0.25, -0.2) is 0 Å². The first kappa shape index (κ1) is 17.4. The van der Waals surface area contributed by atoms with Crippen molar-refractivity contribution in [2.24, 2.45) is 28.6 Å². The monoisotopic (exact) mass is 360 g/mol. The fraction of sp³-hybridized carbons (Fsp3) is 0.864. The van der Waals surface area contributed by atoms with Gasteiger partial charge in [0.15, 0.2) is 5.78 Å². The number of carbonyl (C=O) groups is 1. The first-order valence-electron chi connectivity index (χ1n) is 10.4. The molecule has 7 atom stereocenters. The molecule has 4 fully saturated rings. The molecule has 26 heavy (non-hydrogen) atoms. The molecule has 0 aromatic carbocycles. The van der Waals surface area contributed by atoms with Crippen molar-refractivity contribution in [1.29, 1.82) is 0 Å². The summed E-state index contributed by atoms with van der Waals surface area (Å²) in [5.41, 5.74) is 0.263. The van der Waals surface area contributed by atoms with Crippen LogP contribution in [0.1, 0.15) is 64.7 Å². The second-order valence-electron chi connectivity index (χ2n) is 10.4. The highest BCUT2D eigenvalue weighted by Gasteiger charge is 2.68. The predicted octanol–water partition coefficient (Wildman–Crippen LogP) is 3.01. The van der Waals surface area contributed by atoms with Crippen LogP contribution in [0.25, 0.3) is 0 Å². The smallest absolute Gasteiger partial charge is 0.158 e. The molecular formula is C22H32O4. The number of fused-ring (bicyclic) bond motifs is 5. The molecule has 1 spiro atoms. The summed E-state index contributed by atoms with van der Waals surface area (Å²) in [5.74, 6) is 1.53. The fourth-order valence-corrected chi connectivity index (χ4v) is 8.42. The van der Waals surface area contributed by atoms with Crippen molar-refractivity contribution in [2.75, 3.05) is 13.7 Å². The van der Waals surface area contributed by atoms with E-state index < -0.39 is 5.60 Å². The molecule has 0 aromatic rings. The van der Waals surface area contributed by atoms with E-state index in [4.69, 9.17) is 4.74 Å². The van der Waals surface area contributed by atoms with E-state index in [0.717, 1.165) is 44.1 Å². The molecular weight excluding hydrogens is 328 g/mol. The molecule has 0 heterocycles. The molecule has 5 rings (SSSR count). The lowest BCUT2D eigenvalue weighted by Crippen LogP contribution is -2.56. The van der Waals surface area contributed by atoms with Crippen LogP contribution in [0.15, 0.2) is 11.6 Å². The molecule has 2 N–H and O–H groups in total. The first-order valence-corrected chi connectivity index (χ1v) is 10.4. The molecule has 4 saturated carbocycles. The Hall–Kier alpha value is -0.710. The van der Waals surface area contributed by atoms with E-state index in [0.29, 0.717) is 24.2 Å². The number of carbonyl (C=O) groups excluding carboxylic acids is 1. The molecule has 2 bridgehead atoms. The Bertz CT molecular complexity index is 680. The fourth-order valence-electron chi connectivity index (χ4n) is 8.42. The van der Waals surface area contributed by atoms with E-state index in [-0.39, 0.29) is 28.8 Å². The number of aliphatic hydroxyl groups is 2. The predicted molar refractivity (Wildman–Crippen MR) is 97.4 cm³/mol. The van der Waals surface area contributed by atoms with E-state index in [1.54, 1.807) is 13.2 Å². The standard InChI is InChI=1S/C22H32O4/c1-19-7-8-21(25)11-15(24)9-17(21)16(19)5-6-20-10-14(3-4-18(19)20)22(12-20,13-23)26-2/h9,14,16,18,23,25H,3-8,10-13H2,1-2H3/t14-,16-,18+,19-,20+,21-,22+/m1/s1. The summed E-state index contributed by atoms with van der Waals surface area (Å²) in [6.07, 6.45) is 10.5. The van der Waals surface area contributed by atoms with E-state index in [1.165, 1.54) is 12.8 Å². The summed E-state index contributed by atoms with van der Waals surface area (Å²) >= 11 is 0. The van der Waals surface area contributed by atoms with Crippen LogP contribution in [0, 0.1) is 28.6 Å². The van der Waals surface area contributed by atoms with Crippen LogP contribution in [-0.4, -0.2) is 40.9 Å². The van der Waals surface area contributed by atoms with Crippen LogP contribution in [0.2, 0.25) is 0 Å². The van der Waals surface area contributed by atoms with Crippen molar-refractivity contribution in [3.05, 3.63) is 11.6 Å². The number of hydrogen-bond donors (Lipinski definition) is 2. The number of rotatable bonds is 2. The molecule has 4 nitrogen and oxygen atoms in total. The highest BCUT2D eigenvalue weighted by atomic mass is 16.5. The van der Waals surface area contributed by atoms with E-state index in [1.807, 2.05) is 0 Å². The average molecular weight is 360 g/mol. The molecule has 0 saturated heterocycles.